The Morgan fingerprint density at radius 2 is 1.77 bits per heavy atom. The number of hydrogen-bond acceptors (Lipinski definition) is 5. The molecule has 0 saturated heterocycles. The Morgan fingerprint density at radius 1 is 1.10 bits per heavy atom. The molecule has 1 rings (SSSR count). The first kappa shape index (κ1) is 27.4. The molecule has 0 aliphatic heterocycles. The fourth-order valence-corrected chi connectivity index (χ4v) is 2.28. The highest BCUT2D eigenvalue weighted by molar-refractivity contribution is 6.27. The van der Waals surface area contributed by atoms with Crippen molar-refractivity contribution in [3.8, 4) is 0 Å². The van der Waals surface area contributed by atoms with Crippen LogP contribution in [0.1, 0.15) is 63.7 Å². The molecule has 0 heterocycles. The van der Waals surface area contributed by atoms with Gasteiger partial charge in [-0.1, -0.05) is 12.5 Å². The second-order valence-corrected chi connectivity index (χ2v) is 7.81. The van der Waals surface area contributed by atoms with E-state index in [1.807, 2.05) is 20.8 Å². The molecule has 0 fully saturated rings. The highest BCUT2D eigenvalue weighted by Gasteiger charge is 2.15. The fraction of sp³-hybridized carbons (Fsp3) is 0.524. The van der Waals surface area contributed by atoms with Crippen molar-refractivity contribution >= 4 is 41.0 Å². The third-order valence-electron chi connectivity index (χ3n) is 3.42. The van der Waals surface area contributed by atoms with E-state index in [1.54, 1.807) is 18.2 Å². The SMILES string of the molecule is CC(=O)Nc1cccc(C(N)=O)c1.CC(C)(C)OC(=O)NCCCCCC(=O)CCl. The molecule has 0 saturated carbocycles. The quantitative estimate of drug-likeness (QED) is 0.398. The first-order valence-corrected chi connectivity index (χ1v) is 10.2. The first-order valence-electron chi connectivity index (χ1n) is 9.66. The number of halogens is 1. The molecule has 0 unspecified atom stereocenters. The molecule has 0 atom stereocenters. The number of rotatable bonds is 9. The van der Waals surface area contributed by atoms with Crippen molar-refractivity contribution < 1.29 is 23.9 Å². The van der Waals surface area contributed by atoms with Gasteiger partial charge in [-0.2, -0.15) is 0 Å². The summed E-state index contributed by atoms with van der Waals surface area (Å²) >= 11 is 5.37. The number of hydrogen-bond donors (Lipinski definition) is 3. The number of alkyl carbamates (subject to hydrolysis) is 1. The summed E-state index contributed by atoms with van der Waals surface area (Å²) in [5.74, 6) is -0.517. The largest absolute Gasteiger partial charge is 0.444 e. The molecule has 4 N–H and O–H groups in total. The van der Waals surface area contributed by atoms with E-state index in [1.165, 1.54) is 13.0 Å². The Kier molecular flexibility index (Phi) is 13.1. The summed E-state index contributed by atoms with van der Waals surface area (Å²) < 4.78 is 5.08. The maximum absolute atomic E-state index is 11.2. The van der Waals surface area contributed by atoms with E-state index in [4.69, 9.17) is 22.1 Å². The lowest BCUT2D eigenvalue weighted by Crippen LogP contribution is -2.32. The minimum atomic E-state index is -0.507. The predicted molar refractivity (Wildman–Crippen MR) is 118 cm³/mol. The minimum absolute atomic E-state index is 0.0757. The smallest absolute Gasteiger partial charge is 0.407 e. The summed E-state index contributed by atoms with van der Waals surface area (Å²) in [6.45, 7) is 7.44. The lowest BCUT2D eigenvalue weighted by Gasteiger charge is -2.19. The van der Waals surface area contributed by atoms with E-state index in [2.05, 4.69) is 10.6 Å². The molecule has 0 aromatic heterocycles. The van der Waals surface area contributed by atoms with Crippen LogP contribution in [0.5, 0.6) is 0 Å². The van der Waals surface area contributed by atoms with Crippen LogP contribution in [0.15, 0.2) is 24.3 Å². The number of alkyl halides is 1. The molecule has 1 aromatic carbocycles. The highest BCUT2D eigenvalue weighted by Crippen LogP contribution is 2.09. The van der Waals surface area contributed by atoms with Crippen molar-refractivity contribution in [2.24, 2.45) is 5.73 Å². The summed E-state index contributed by atoms with van der Waals surface area (Å²) in [7, 11) is 0. The number of amides is 3. The molecule has 0 radical (unpaired) electrons. The van der Waals surface area contributed by atoms with E-state index >= 15 is 0 Å². The van der Waals surface area contributed by atoms with Crippen LogP contribution in [-0.4, -0.2) is 41.7 Å². The zero-order chi connectivity index (χ0) is 23.2. The van der Waals surface area contributed by atoms with Crippen molar-refractivity contribution in [3.63, 3.8) is 0 Å². The zero-order valence-electron chi connectivity index (χ0n) is 18.0. The number of nitrogens with one attached hydrogen (secondary N) is 2. The van der Waals surface area contributed by atoms with Gasteiger partial charge < -0.3 is 21.1 Å². The van der Waals surface area contributed by atoms with Crippen LogP contribution in [0.2, 0.25) is 0 Å². The number of anilines is 1. The van der Waals surface area contributed by atoms with Gasteiger partial charge in [0.25, 0.3) is 0 Å². The van der Waals surface area contributed by atoms with Gasteiger partial charge in [-0.05, 0) is 51.8 Å². The van der Waals surface area contributed by atoms with Gasteiger partial charge in [0.1, 0.15) is 11.4 Å². The van der Waals surface area contributed by atoms with Gasteiger partial charge in [0.05, 0.1) is 5.88 Å². The van der Waals surface area contributed by atoms with Gasteiger partial charge in [0.2, 0.25) is 11.8 Å². The fourth-order valence-electron chi connectivity index (χ4n) is 2.15. The van der Waals surface area contributed by atoms with E-state index in [-0.39, 0.29) is 17.6 Å². The minimum Gasteiger partial charge on any atom is -0.444 e. The van der Waals surface area contributed by atoms with E-state index < -0.39 is 17.6 Å². The molecular formula is C21H32ClN3O5. The van der Waals surface area contributed by atoms with Gasteiger partial charge in [0.15, 0.2) is 0 Å². The lowest BCUT2D eigenvalue weighted by molar-refractivity contribution is -0.117. The predicted octanol–water partition coefficient (Wildman–Crippen LogP) is 3.62. The van der Waals surface area contributed by atoms with E-state index in [0.717, 1.165) is 19.3 Å². The van der Waals surface area contributed by atoms with Gasteiger partial charge in [-0.15, -0.1) is 11.6 Å². The van der Waals surface area contributed by atoms with Crippen molar-refractivity contribution in [1.29, 1.82) is 0 Å². The average molecular weight is 442 g/mol. The molecule has 30 heavy (non-hydrogen) atoms. The Labute approximate surface area is 182 Å². The van der Waals surface area contributed by atoms with Gasteiger partial charge in [-0.25, -0.2) is 4.79 Å². The number of unbranched alkanes of at least 4 members (excludes halogenated alkanes) is 2. The maximum Gasteiger partial charge on any atom is 0.407 e. The summed E-state index contributed by atoms with van der Waals surface area (Å²) in [4.78, 5) is 43.5. The van der Waals surface area contributed by atoms with Crippen molar-refractivity contribution in [3.05, 3.63) is 29.8 Å². The zero-order valence-corrected chi connectivity index (χ0v) is 18.8. The number of ketones is 1. The third kappa shape index (κ3) is 15.3. The summed E-state index contributed by atoms with van der Waals surface area (Å²) in [5, 5.41) is 5.22. The molecule has 0 bridgehead atoms. The Hall–Kier alpha value is -2.61. The van der Waals surface area contributed by atoms with Crippen LogP contribution in [0.4, 0.5) is 10.5 Å². The van der Waals surface area contributed by atoms with Gasteiger partial charge >= 0.3 is 6.09 Å². The third-order valence-corrected chi connectivity index (χ3v) is 3.72. The number of carbonyl (C=O) groups is 4. The maximum atomic E-state index is 11.2. The first-order chi connectivity index (χ1) is 13.9. The summed E-state index contributed by atoms with van der Waals surface area (Å²) in [6, 6.07) is 6.47. The molecule has 1 aromatic rings. The van der Waals surface area contributed by atoms with Crippen LogP contribution in [0.25, 0.3) is 0 Å². The molecule has 3 amide bonds. The van der Waals surface area contributed by atoms with Crippen molar-refractivity contribution in [2.45, 2.75) is 59.0 Å². The van der Waals surface area contributed by atoms with Crippen LogP contribution in [-0.2, 0) is 14.3 Å². The van der Waals surface area contributed by atoms with Crippen LogP contribution >= 0.6 is 11.6 Å². The normalized spacial score (nSPS) is 10.3. The second-order valence-electron chi connectivity index (χ2n) is 7.54. The van der Waals surface area contributed by atoms with E-state index in [0.29, 0.717) is 24.2 Å². The molecule has 0 aliphatic carbocycles. The molecule has 0 aliphatic rings. The number of ether oxygens (including phenoxy) is 1. The van der Waals surface area contributed by atoms with E-state index in [9.17, 15) is 19.2 Å². The Bertz CT molecular complexity index is 717. The number of primary amides is 1. The monoisotopic (exact) mass is 441 g/mol. The highest BCUT2D eigenvalue weighted by atomic mass is 35.5. The Balaban J connectivity index is 0.000000579. The van der Waals surface area contributed by atoms with Crippen LogP contribution < -0.4 is 16.4 Å². The average Bonchev–Trinajstić information content (AvgIpc) is 2.63. The topological polar surface area (TPSA) is 128 Å². The van der Waals surface area contributed by atoms with Crippen LogP contribution in [0, 0.1) is 0 Å². The second kappa shape index (κ2) is 14.4. The molecular weight excluding hydrogens is 410 g/mol. The molecule has 0 spiro atoms. The van der Waals surface area contributed by atoms with Crippen molar-refractivity contribution in [1.82, 2.24) is 5.32 Å². The lowest BCUT2D eigenvalue weighted by atomic mass is 10.1. The van der Waals surface area contributed by atoms with Gasteiger partial charge in [0, 0.05) is 31.1 Å². The number of benzene rings is 1. The van der Waals surface area contributed by atoms with Crippen LogP contribution in [0.3, 0.4) is 0 Å². The number of nitrogens with two attached hydrogens (primary N) is 1. The van der Waals surface area contributed by atoms with Crippen molar-refractivity contribution in [2.75, 3.05) is 17.7 Å². The standard InChI is InChI=1S/C12H22ClNO3.C9H10N2O2/c1-12(2,3)17-11(16)14-8-6-4-5-7-10(15)9-13;1-6(12)11-8-4-2-3-7(5-8)9(10)13/h4-9H2,1-3H3,(H,14,16);2-5H,1H3,(H2,10,13)(H,11,12). The molecule has 168 valence electrons. The summed E-state index contributed by atoms with van der Waals surface area (Å²) in [6.07, 6.45) is 2.69. The number of carbonyl (C=O) groups excluding carboxylic acids is 4. The van der Waals surface area contributed by atoms with Gasteiger partial charge in [-0.3, -0.25) is 14.4 Å². The molecule has 8 nitrogen and oxygen atoms in total. The molecule has 9 heteroatoms. The summed E-state index contributed by atoms with van der Waals surface area (Å²) in [5.41, 5.74) is 5.55. The Morgan fingerprint density at radius 3 is 2.30 bits per heavy atom. The number of Topliss-reactive ketones (excluding diaryl/α,β-unsaturated/α-hetero) is 1.